The van der Waals surface area contributed by atoms with E-state index in [2.05, 4.69) is 14.4 Å². The van der Waals surface area contributed by atoms with Gasteiger partial charge in [-0.1, -0.05) is 6.07 Å². The minimum Gasteiger partial charge on any atom is -0.471 e. The summed E-state index contributed by atoms with van der Waals surface area (Å²) in [6.07, 6.45) is -2.44. The molecular formula is C14H20F4N2O2S. The predicted octanol–water partition coefficient (Wildman–Crippen LogP) is 3.47. The van der Waals surface area contributed by atoms with Gasteiger partial charge in [0, 0.05) is 18.3 Å². The van der Waals surface area contributed by atoms with E-state index >= 15 is 0 Å². The number of halogens is 4. The van der Waals surface area contributed by atoms with Gasteiger partial charge in [0.15, 0.2) is 6.61 Å². The second-order valence-electron chi connectivity index (χ2n) is 6.00. The number of nitrogens with one attached hydrogen (secondary N) is 1. The number of hydrogen-bond acceptors (Lipinski definition) is 3. The molecule has 0 amide bonds. The van der Waals surface area contributed by atoms with Crippen LogP contribution in [0.25, 0.3) is 0 Å². The molecule has 0 spiro atoms. The van der Waals surface area contributed by atoms with Gasteiger partial charge in [0.25, 0.3) is 0 Å². The summed E-state index contributed by atoms with van der Waals surface area (Å²) in [5.74, 6) is -4.41. The van der Waals surface area contributed by atoms with Crippen LogP contribution in [0.4, 0.5) is 17.6 Å². The second-order valence-corrected chi connectivity index (χ2v) is 8.00. The Labute approximate surface area is 135 Å². The first-order valence-electron chi connectivity index (χ1n) is 6.86. The molecule has 2 atom stereocenters. The van der Waals surface area contributed by atoms with Crippen molar-refractivity contribution < 1.29 is 26.5 Å². The molecule has 0 fully saturated rings. The molecule has 0 aliphatic heterocycles. The van der Waals surface area contributed by atoms with Crippen molar-refractivity contribution in [1.29, 1.82) is 0 Å². The van der Waals surface area contributed by atoms with Gasteiger partial charge in [-0.15, -0.1) is 0 Å². The third-order valence-corrected chi connectivity index (χ3v) is 4.51. The minimum absolute atomic E-state index is 0.182. The van der Waals surface area contributed by atoms with E-state index in [1.165, 1.54) is 12.3 Å². The van der Waals surface area contributed by atoms with Gasteiger partial charge in [-0.2, -0.15) is 8.78 Å². The summed E-state index contributed by atoms with van der Waals surface area (Å²) in [5, 5.41) is 0. The molecule has 0 radical (unpaired) electrons. The average Bonchev–Trinajstić information content (AvgIpc) is 2.44. The van der Waals surface area contributed by atoms with Crippen LogP contribution < -0.4 is 9.46 Å². The standard InChI is InChI=1S/C14H20F4N2O2S/c1-9(20-23(21)13(2,3)4)10-5-6-11(19-7-10)22-8-14(17,18)12(15)16/h5-7,9,12,20H,8H2,1-4H3/t9-,23?/m1/s1. The zero-order valence-electron chi connectivity index (χ0n) is 13.3. The average molecular weight is 356 g/mol. The number of alkyl halides is 4. The predicted molar refractivity (Wildman–Crippen MR) is 80.1 cm³/mol. The molecule has 1 aromatic rings. The zero-order valence-corrected chi connectivity index (χ0v) is 14.1. The first-order chi connectivity index (χ1) is 10.4. The topological polar surface area (TPSA) is 51.2 Å². The molecule has 0 bridgehead atoms. The Morgan fingerprint density at radius 1 is 1.30 bits per heavy atom. The molecule has 1 heterocycles. The van der Waals surface area contributed by atoms with Crippen LogP contribution in [0.1, 0.15) is 39.3 Å². The second kappa shape index (κ2) is 7.57. The lowest BCUT2D eigenvalue weighted by atomic mass is 10.2. The van der Waals surface area contributed by atoms with Gasteiger partial charge in [0.2, 0.25) is 5.88 Å². The van der Waals surface area contributed by atoms with E-state index in [-0.39, 0.29) is 11.9 Å². The minimum atomic E-state index is -4.22. The largest absolute Gasteiger partial charge is 0.471 e. The Hall–Kier alpha value is -1.22. The van der Waals surface area contributed by atoms with Crippen LogP contribution in [0.3, 0.4) is 0 Å². The van der Waals surface area contributed by atoms with Crippen LogP contribution >= 0.6 is 0 Å². The lowest BCUT2D eigenvalue weighted by Crippen LogP contribution is -2.35. The van der Waals surface area contributed by atoms with E-state index in [9.17, 15) is 21.8 Å². The summed E-state index contributed by atoms with van der Waals surface area (Å²) in [4.78, 5) is 3.79. The van der Waals surface area contributed by atoms with E-state index in [1.54, 1.807) is 13.0 Å². The molecule has 1 unspecified atom stereocenters. The molecule has 1 aromatic heterocycles. The Morgan fingerprint density at radius 3 is 2.35 bits per heavy atom. The summed E-state index contributed by atoms with van der Waals surface area (Å²) in [5.41, 5.74) is 0.663. The van der Waals surface area contributed by atoms with E-state index in [0.29, 0.717) is 5.56 Å². The number of nitrogens with zero attached hydrogens (tertiary/aromatic N) is 1. The van der Waals surface area contributed by atoms with Gasteiger partial charge >= 0.3 is 12.3 Å². The Morgan fingerprint density at radius 2 is 1.91 bits per heavy atom. The molecule has 0 aromatic carbocycles. The van der Waals surface area contributed by atoms with Crippen LogP contribution in [0.5, 0.6) is 5.88 Å². The van der Waals surface area contributed by atoms with Crippen LogP contribution in [0.15, 0.2) is 18.3 Å². The van der Waals surface area contributed by atoms with Gasteiger partial charge in [0.1, 0.15) is 0 Å². The van der Waals surface area contributed by atoms with Crippen molar-refractivity contribution in [1.82, 2.24) is 9.71 Å². The van der Waals surface area contributed by atoms with Crippen molar-refractivity contribution in [2.75, 3.05) is 6.61 Å². The van der Waals surface area contributed by atoms with Gasteiger partial charge in [-0.25, -0.2) is 22.7 Å². The van der Waals surface area contributed by atoms with Crippen molar-refractivity contribution in [3.63, 3.8) is 0 Å². The van der Waals surface area contributed by atoms with Gasteiger partial charge in [-0.05, 0) is 33.3 Å². The summed E-state index contributed by atoms with van der Waals surface area (Å²) in [7, 11) is -1.29. The fourth-order valence-corrected chi connectivity index (χ4v) is 2.18. The molecule has 4 nitrogen and oxygen atoms in total. The van der Waals surface area contributed by atoms with E-state index in [0.717, 1.165) is 0 Å². The van der Waals surface area contributed by atoms with Gasteiger partial charge in [-0.3, -0.25) is 0 Å². The number of pyridine rings is 1. The van der Waals surface area contributed by atoms with Crippen molar-refractivity contribution >= 4 is 11.0 Å². The first kappa shape index (κ1) is 19.8. The lowest BCUT2D eigenvalue weighted by Gasteiger charge is -2.22. The summed E-state index contributed by atoms with van der Waals surface area (Å²) in [6.45, 7) is 5.79. The van der Waals surface area contributed by atoms with Gasteiger partial charge < -0.3 is 4.74 Å². The fourth-order valence-electron chi connectivity index (χ4n) is 1.37. The quantitative estimate of drug-likeness (QED) is 0.761. The number of ether oxygens (including phenoxy) is 1. The lowest BCUT2D eigenvalue weighted by molar-refractivity contribution is -0.148. The molecule has 0 saturated heterocycles. The van der Waals surface area contributed by atoms with Crippen molar-refractivity contribution in [3.8, 4) is 5.88 Å². The van der Waals surface area contributed by atoms with Crippen LogP contribution in [-0.4, -0.2) is 32.9 Å². The van der Waals surface area contributed by atoms with Crippen LogP contribution in [0, 0.1) is 0 Å². The third kappa shape index (κ3) is 6.06. The number of aromatic nitrogens is 1. The maximum Gasteiger partial charge on any atom is 0.340 e. The SMILES string of the molecule is C[C@@H](NS(=O)C(C)(C)C)c1ccc(OCC(F)(F)C(F)F)nc1. The first-order valence-corrected chi connectivity index (χ1v) is 8.01. The third-order valence-electron chi connectivity index (χ3n) is 2.83. The summed E-state index contributed by atoms with van der Waals surface area (Å²) in [6, 6.07) is 2.55. The molecule has 1 rings (SSSR count). The molecule has 0 saturated carbocycles. The number of hydrogen-bond donors (Lipinski definition) is 1. The fraction of sp³-hybridized carbons (Fsp3) is 0.643. The molecular weight excluding hydrogens is 336 g/mol. The smallest absolute Gasteiger partial charge is 0.340 e. The Balaban J connectivity index is 2.64. The summed E-state index contributed by atoms with van der Waals surface area (Å²) < 4.78 is 68.6. The van der Waals surface area contributed by atoms with E-state index in [4.69, 9.17) is 0 Å². The monoisotopic (exact) mass is 356 g/mol. The molecule has 1 N–H and O–H groups in total. The highest BCUT2D eigenvalue weighted by atomic mass is 32.2. The highest BCUT2D eigenvalue weighted by Crippen LogP contribution is 2.24. The van der Waals surface area contributed by atoms with Crippen molar-refractivity contribution in [3.05, 3.63) is 23.9 Å². The molecule has 132 valence electrons. The Kier molecular flexibility index (Phi) is 6.52. The highest BCUT2D eigenvalue weighted by molar-refractivity contribution is 7.84. The van der Waals surface area contributed by atoms with E-state index < -0.39 is 34.7 Å². The highest BCUT2D eigenvalue weighted by Gasteiger charge is 2.41. The normalized spacial score (nSPS) is 15.5. The Bertz CT molecular complexity index is 533. The van der Waals surface area contributed by atoms with E-state index in [1.807, 2.05) is 20.8 Å². The maximum absolute atomic E-state index is 12.7. The number of rotatable bonds is 7. The summed E-state index contributed by atoms with van der Waals surface area (Å²) >= 11 is 0. The van der Waals surface area contributed by atoms with Crippen LogP contribution in [0.2, 0.25) is 0 Å². The van der Waals surface area contributed by atoms with Crippen molar-refractivity contribution in [2.45, 2.75) is 50.8 Å². The van der Waals surface area contributed by atoms with Crippen LogP contribution in [-0.2, 0) is 11.0 Å². The molecule has 9 heteroatoms. The maximum atomic E-state index is 12.7. The molecule has 0 aliphatic rings. The van der Waals surface area contributed by atoms with Gasteiger partial charge in [0.05, 0.1) is 15.7 Å². The zero-order chi connectivity index (χ0) is 17.8. The molecule has 0 aliphatic carbocycles. The van der Waals surface area contributed by atoms with Crippen molar-refractivity contribution in [2.24, 2.45) is 0 Å². The molecule has 23 heavy (non-hydrogen) atoms.